The van der Waals surface area contributed by atoms with E-state index in [0.717, 1.165) is 0 Å². The molecule has 0 saturated carbocycles. The average molecular weight is 315 g/mol. The topological polar surface area (TPSA) is 84.9 Å². The molecule has 2 aromatic rings. The normalized spacial score (nSPS) is 10.0. The van der Waals surface area contributed by atoms with Crippen molar-refractivity contribution >= 4 is 17.6 Å². The quantitative estimate of drug-likeness (QED) is 0.886. The summed E-state index contributed by atoms with van der Waals surface area (Å²) in [5, 5.41) is 11.7. The van der Waals surface area contributed by atoms with E-state index in [-0.39, 0.29) is 11.5 Å². The van der Waals surface area contributed by atoms with Gasteiger partial charge in [0.2, 0.25) is 0 Å². The molecule has 0 aliphatic heterocycles. The minimum atomic E-state index is -1.00. The van der Waals surface area contributed by atoms with Crippen LogP contribution in [0.1, 0.15) is 26.3 Å². The van der Waals surface area contributed by atoms with Gasteiger partial charge in [-0.1, -0.05) is 6.07 Å². The SMILES string of the molecule is COc1cccc(C(=O)Nc2ccc(C(=O)O)c(C)c2)c1OC. The van der Waals surface area contributed by atoms with Crippen LogP contribution in [0, 0.1) is 6.92 Å². The van der Waals surface area contributed by atoms with Crippen LogP contribution in [0.15, 0.2) is 36.4 Å². The third kappa shape index (κ3) is 3.42. The number of benzene rings is 2. The van der Waals surface area contributed by atoms with Gasteiger partial charge in [0, 0.05) is 5.69 Å². The van der Waals surface area contributed by atoms with Crippen molar-refractivity contribution in [2.45, 2.75) is 6.92 Å². The molecule has 120 valence electrons. The van der Waals surface area contributed by atoms with Crippen LogP contribution in [0.2, 0.25) is 0 Å². The van der Waals surface area contributed by atoms with Crippen LogP contribution < -0.4 is 14.8 Å². The first kappa shape index (κ1) is 16.4. The number of aromatic carboxylic acids is 1. The lowest BCUT2D eigenvalue weighted by Gasteiger charge is -2.13. The number of para-hydroxylation sites is 1. The highest BCUT2D eigenvalue weighted by Gasteiger charge is 2.17. The number of hydrogen-bond donors (Lipinski definition) is 2. The van der Waals surface area contributed by atoms with E-state index < -0.39 is 5.97 Å². The Kier molecular flexibility index (Phi) is 4.85. The lowest BCUT2D eigenvalue weighted by molar-refractivity contribution is 0.0696. The largest absolute Gasteiger partial charge is 0.493 e. The van der Waals surface area contributed by atoms with Crippen LogP contribution in [0.5, 0.6) is 11.5 Å². The standard InChI is InChI=1S/C17H17NO5/c1-10-9-11(7-8-12(10)17(20)21)18-16(19)13-5-4-6-14(22-2)15(13)23-3/h4-9H,1-3H3,(H,18,19)(H,20,21). The Balaban J connectivity index is 2.29. The van der Waals surface area contributed by atoms with Gasteiger partial charge in [-0.2, -0.15) is 0 Å². The molecule has 0 saturated heterocycles. The van der Waals surface area contributed by atoms with Crippen LogP contribution in [0.3, 0.4) is 0 Å². The summed E-state index contributed by atoms with van der Waals surface area (Å²) < 4.78 is 10.4. The van der Waals surface area contributed by atoms with Crippen molar-refractivity contribution in [2.75, 3.05) is 19.5 Å². The zero-order valence-electron chi connectivity index (χ0n) is 13.0. The highest BCUT2D eigenvalue weighted by Crippen LogP contribution is 2.31. The summed E-state index contributed by atoms with van der Waals surface area (Å²) in [5.74, 6) is -0.581. The van der Waals surface area contributed by atoms with Crippen LogP contribution in [0.25, 0.3) is 0 Å². The molecule has 0 unspecified atom stereocenters. The van der Waals surface area contributed by atoms with Gasteiger partial charge in [-0.15, -0.1) is 0 Å². The smallest absolute Gasteiger partial charge is 0.335 e. The van der Waals surface area contributed by atoms with Crippen molar-refractivity contribution < 1.29 is 24.2 Å². The molecule has 6 nitrogen and oxygen atoms in total. The maximum absolute atomic E-state index is 12.4. The zero-order valence-corrected chi connectivity index (χ0v) is 13.0. The van der Waals surface area contributed by atoms with Gasteiger partial charge in [-0.25, -0.2) is 4.79 Å². The van der Waals surface area contributed by atoms with Crippen molar-refractivity contribution in [3.63, 3.8) is 0 Å². The number of anilines is 1. The number of carboxylic acids is 1. The second kappa shape index (κ2) is 6.83. The van der Waals surface area contributed by atoms with Gasteiger partial charge in [0.1, 0.15) is 0 Å². The number of nitrogens with one attached hydrogen (secondary N) is 1. The Bertz CT molecular complexity index is 755. The fourth-order valence-electron chi connectivity index (χ4n) is 2.25. The van der Waals surface area contributed by atoms with Crippen molar-refractivity contribution in [3.05, 3.63) is 53.1 Å². The third-order valence-electron chi connectivity index (χ3n) is 3.36. The first-order valence-corrected chi connectivity index (χ1v) is 6.84. The van der Waals surface area contributed by atoms with Crippen molar-refractivity contribution in [2.24, 2.45) is 0 Å². The molecule has 1 amide bonds. The van der Waals surface area contributed by atoms with Gasteiger partial charge >= 0.3 is 5.97 Å². The highest BCUT2D eigenvalue weighted by atomic mass is 16.5. The highest BCUT2D eigenvalue weighted by molar-refractivity contribution is 6.07. The van der Waals surface area contributed by atoms with Gasteiger partial charge in [-0.05, 0) is 42.8 Å². The second-order valence-electron chi connectivity index (χ2n) is 4.83. The molecular formula is C17H17NO5. The lowest BCUT2D eigenvalue weighted by atomic mass is 10.1. The van der Waals surface area contributed by atoms with Crippen LogP contribution in [0.4, 0.5) is 5.69 Å². The number of carbonyl (C=O) groups is 2. The van der Waals surface area contributed by atoms with Crippen molar-refractivity contribution in [3.8, 4) is 11.5 Å². The van der Waals surface area contributed by atoms with E-state index in [2.05, 4.69) is 5.32 Å². The summed E-state index contributed by atoms with van der Waals surface area (Å²) in [4.78, 5) is 23.4. The summed E-state index contributed by atoms with van der Waals surface area (Å²) in [6, 6.07) is 9.61. The molecule has 0 radical (unpaired) electrons. The number of carbonyl (C=O) groups excluding carboxylic acids is 1. The molecule has 2 rings (SSSR count). The fourth-order valence-corrected chi connectivity index (χ4v) is 2.25. The summed E-state index contributed by atoms with van der Waals surface area (Å²) >= 11 is 0. The van der Waals surface area contributed by atoms with E-state index in [4.69, 9.17) is 14.6 Å². The predicted molar refractivity (Wildman–Crippen MR) is 85.6 cm³/mol. The summed E-state index contributed by atoms with van der Waals surface area (Å²) in [6.07, 6.45) is 0. The number of hydrogen-bond acceptors (Lipinski definition) is 4. The number of rotatable bonds is 5. The lowest BCUT2D eigenvalue weighted by Crippen LogP contribution is -2.14. The van der Waals surface area contributed by atoms with E-state index in [0.29, 0.717) is 28.3 Å². The van der Waals surface area contributed by atoms with Crippen LogP contribution >= 0.6 is 0 Å². The van der Waals surface area contributed by atoms with E-state index in [9.17, 15) is 9.59 Å². The Morgan fingerprint density at radius 1 is 1.04 bits per heavy atom. The third-order valence-corrected chi connectivity index (χ3v) is 3.36. The summed E-state index contributed by atoms with van der Waals surface area (Å²) in [5.41, 5.74) is 1.59. The van der Waals surface area contributed by atoms with Gasteiger partial charge in [0.05, 0.1) is 25.3 Å². The Morgan fingerprint density at radius 2 is 1.78 bits per heavy atom. The van der Waals surface area contributed by atoms with Crippen molar-refractivity contribution in [1.29, 1.82) is 0 Å². The zero-order chi connectivity index (χ0) is 17.0. The maximum Gasteiger partial charge on any atom is 0.335 e. The van der Waals surface area contributed by atoms with Crippen molar-refractivity contribution in [1.82, 2.24) is 0 Å². The molecule has 6 heteroatoms. The molecule has 0 spiro atoms. The summed E-state index contributed by atoms with van der Waals surface area (Å²) in [7, 11) is 2.95. The fraction of sp³-hybridized carbons (Fsp3) is 0.176. The first-order chi connectivity index (χ1) is 11.0. The second-order valence-corrected chi connectivity index (χ2v) is 4.83. The first-order valence-electron chi connectivity index (χ1n) is 6.84. The Morgan fingerprint density at radius 3 is 2.35 bits per heavy atom. The monoisotopic (exact) mass is 315 g/mol. The molecule has 0 atom stereocenters. The minimum absolute atomic E-state index is 0.196. The molecule has 2 aromatic carbocycles. The van der Waals surface area contributed by atoms with E-state index in [1.165, 1.54) is 20.3 Å². The maximum atomic E-state index is 12.4. The van der Waals surface area contributed by atoms with E-state index >= 15 is 0 Å². The molecule has 23 heavy (non-hydrogen) atoms. The molecule has 2 N–H and O–H groups in total. The molecule has 0 aliphatic rings. The Labute approximate surface area is 133 Å². The van der Waals surface area contributed by atoms with E-state index in [1.54, 1.807) is 37.3 Å². The number of aryl methyl sites for hydroxylation is 1. The van der Waals surface area contributed by atoms with Gasteiger partial charge in [0.25, 0.3) is 5.91 Å². The van der Waals surface area contributed by atoms with Crippen LogP contribution in [-0.4, -0.2) is 31.2 Å². The Hall–Kier alpha value is -3.02. The van der Waals surface area contributed by atoms with Gasteiger partial charge in [0.15, 0.2) is 11.5 Å². The van der Waals surface area contributed by atoms with Gasteiger partial charge in [-0.3, -0.25) is 4.79 Å². The average Bonchev–Trinajstić information content (AvgIpc) is 2.53. The molecule has 0 heterocycles. The molecule has 0 fully saturated rings. The summed E-state index contributed by atoms with van der Waals surface area (Å²) in [6.45, 7) is 1.67. The molecular weight excluding hydrogens is 298 g/mol. The predicted octanol–water partition coefficient (Wildman–Crippen LogP) is 2.96. The molecule has 0 bridgehead atoms. The number of ether oxygens (including phenoxy) is 2. The van der Waals surface area contributed by atoms with E-state index in [1.807, 2.05) is 0 Å². The minimum Gasteiger partial charge on any atom is -0.493 e. The number of carboxylic acid groups (broad SMARTS) is 1. The molecule has 0 aliphatic carbocycles. The number of methoxy groups -OCH3 is 2. The number of amides is 1. The molecule has 0 aromatic heterocycles. The van der Waals surface area contributed by atoms with Crippen LogP contribution in [-0.2, 0) is 0 Å². The van der Waals surface area contributed by atoms with Gasteiger partial charge < -0.3 is 19.9 Å².